The Kier molecular flexibility index (Phi) is 8.67. The van der Waals surface area contributed by atoms with Gasteiger partial charge in [-0.3, -0.25) is 0 Å². The Morgan fingerprint density at radius 1 is 0.828 bits per heavy atom. The normalized spacial score (nSPS) is 10.5. The van der Waals surface area contributed by atoms with E-state index >= 15 is 0 Å². The van der Waals surface area contributed by atoms with Crippen LogP contribution < -0.4 is 0 Å². The predicted octanol–water partition coefficient (Wildman–Crippen LogP) is 8.78. The molecule has 0 amide bonds. The first-order valence-electron chi connectivity index (χ1n) is 10.1. The molecule has 0 spiro atoms. The average molecular weight is 500 g/mol. The molecule has 4 aromatic carbocycles. The molecule has 0 aliphatic heterocycles. The van der Waals surface area contributed by atoms with E-state index in [0.717, 1.165) is 12.8 Å². The molecule has 4 rings (SSSR count). The van der Waals surface area contributed by atoms with Crippen LogP contribution in [0.2, 0.25) is 0 Å². The van der Waals surface area contributed by atoms with Crippen LogP contribution in [0.5, 0.6) is 0 Å². The van der Waals surface area contributed by atoms with Crippen molar-refractivity contribution in [2.75, 3.05) is 0 Å². The van der Waals surface area contributed by atoms with Gasteiger partial charge in [0.15, 0.2) is 0 Å². The summed E-state index contributed by atoms with van der Waals surface area (Å²) in [5.74, 6) is 0. The summed E-state index contributed by atoms with van der Waals surface area (Å²) in [6, 6.07) is 28.9. The van der Waals surface area contributed by atoms with Gasteiger partial charge in [0.1, 0.15) is 0 Å². The van der Waals surface area contributed by atoms with Crippen molar-refractivity contribution in [3.8, 4) is 22.3 Å². The quantitative estimate of drug-likeness (QED) is 0.241. The molecular weight excluding hydrogens is 474 g/mol. The van der Waals surface area contributed by atoms with Gasteiger partial charge in [0.2, 0.25) is 0 Å². The van der Waals surface area contributed by atoms with E-state index in [1.807, 2.05) is 0 Å². The molecule has 0 bridgehead atoms. The molecule has 0 nitrogen and oxygen atoms in total. The predicted molar refractivity (Wildman–Crippen MR) is 125 cm³/mol. The van der Waals surface area contributed by atoms with Crippen LogP contribution in [-0.4, -0.2) is 0 Å². The van der Waals surface area contributed by atoms with Crippen molar-refractivity contribution in [2.24, 2.45) is 0 Å². The number of hydrogen-bond donors (Lipinski definition) is 0. The third-order valence-electron chi connectivity index (χ3n) is 5.27. The van der Waals surface area contributed by atoms with Gasteiger partial charge in [-0.1, -0.05) is 92.1 Å². The van der Waals surface area contributed by atoms with Gasteiger partial charge in [-0.05, 0) is 29.5 Å². The van der Waals surface area contributed by atoms with Crippen molar-refractivity contribution in [3.05, 3.63) is 90.0 Å². The van der Waals surface area contributed by atoms with Gasteiger partial charge in [0.25, 0.3) is 0 Å². The summed E-state index contributed by atoms with van der Waals surface area (Å²) in [5.41, 5.74) is 8.32. The third-order valence-corrected chi connectivity index (χ3v) is 5.27. The molecule has 29 heavy (non-hydrogen) atoms. The van der Waals surface area contributed by atoms with Crippen molar-refractivity contribution in [3.63, 3.8) is 0 Å². The van der Waals surface area contributed by atoms with Crippen molar-refractivity contribution >= 4 is 27.8 Å². The number of aryl methyl sites for hydroxylation is 2. The Morgan fingerprint density at radius 3 is 2.21 bits per heavy atom. The fourth-order valence-corrected chi connectivity index (χ4v) is 3.99. The van der Waals surface area contributed by atoms with Crippen LogP contribution in [0.4, 0.5) is 0 Å². The molecule has 148 valence electrons. The summed E-state index contributed by atoms with van der Waals surface area (Å²) >= 11 is -0.826. The van der Waals surface area contributed by atoms with Crippen LogP contribution in [0.1, 0.15) is 31.4 Å². The second-order valence-corrected chi connectivity index (χ2v) is 10.8. The van der Waals surface area contributed by atoms with Crippen LogP contribution in [0.25, 0.3) is 33.0 Å². The van der Waals surface area contributed by atoms with E-state index in [1.54, 1.807) is 0 Å². The second kappa shape index (κ2) is 11.2. The van der Waals surface area contributed by atoms with Gasteiger partial charge in [0.05, 0.1) is 0 Å². The third kappa shape index (κ3) is 5.26. The Morgan fingerprint density at radius 2 is 1.52 bits per heavy atom. The standard InChI is InChI=1S/C26H25.2ClH.Zr/c1-3-10-21-15-16-22-17-23(20-12-6-5-7-13-20)18-25(22)26(21)24-14-9-8-11-19(24)4-2;;;/h5-9,11-18H,3-4,10H2,1-2H3;2*1H;/q-1;;;+2/p-2. The fourth-order valence-electron chi connectivity index (χ4n) is 3.99. The molecule has 0 aliphatic carbocycles. The molecule has 3 heteroatoms. The van der Waals surface area contributed by atoms with Gasteiger partial charge in [0, 0.05) is 0 Å². The number of hydrogen-bond acceptors (Lipinski definition) is 0. The molecule has 0 unspecified atom stereocenters. The molecule has 0 heterocycles. The van der Waals surface area contributed by atoms with Gasteiger partial charge >= 0.3 is 37.9 Å². The van der Waals surface area contributed by atoms with Crippen molar-refractivity contribution < 1.29 is 20.8 Å². The van der Waals surface area contributed by atoms with E-state index in [1.165, 1.54) is 50.6 Å². The van der Waals surface area contributed by atoms with Gasteiger partial charge in [-0.2, -0.15) is 0 Å². The average Bonchev–Trinajstić information content (AvgIpc) is 3.19. The summed E-state index contributed by atoms with van der Waals surface area (Å²) in [5, 5.41) is 2.72. The summed E-state index contributed by atoms with van der Waals surface area (Å²) in [6.45, 7) is 4.51. The van der Waals surface area contributed by atoms with E-state index in [9.17, 15) is 0 Å². The van der Waals surface area contributed by atoms with Crippen LogP contribution in [0.3, 0.4) is 0 Å². The zero-order valence-electron chi connectivity index (χ0n) is 16.9. The Labute approximate surface area is 192 Å². The molecule has 0 aliphatic rings. The number of halogens is 2. The summed E-state index contributed by atoms with van der Waals surface area (Å²) < 4.78 is 0. The minimum absolute atomic E-state index is 0.826. The van der Waals surface area contributed by atoms with Gasteiger partial charge in [-0.25, -0.2) is 0 Å². The molecule has 4 aromatic rings. The fraction of sp³-hybridized carbons (Fsp3) is 0.192. The SMILES string of the molecule is CCCc1ccc2[cH-]c(-c3ccccc3)cc2c1-c1ccccc1CC.[Cl][Zr][Cl]. The molecule has 0 N–H and O–H groups in total. The van der Waals surface area contributed by atoms with Crippen molar-refractivity contribution in [1.82, 2.24) is 0 Å². The van der Waals surface area contributed by atoms with E-state index in [0.29, 0.717) is 0 Å². The van der Waals surface area contributed by atoms with Crippen molar-refractivity contribution in [1.29, 1.82) is 0 Å². The van der Waals surface area contributed by atoms with Crippen molar-refractivity contribution in [2.45, 2.75) is 33.1 Å². The second-order valence-electron chi connectivity index (χ2n) is 7.04. The maximum atomic E-state index is 4.93. The Bertz CT molecular complexity index is 1050. The van der Waals surface area contributed by atoms with Gasteiger partial charge < -0.3 is 0 Å². The zero-order chi connectivity index (χ0) is 20.6. The molecule has 0 saturated heterocycles. The molecule has 0 saturated carbocycles. The number of rotatable bonds is 5. The van der Waals surface area contributed by atoms with Crippen LogP contribution in [0, 0.1) is 0 Å². The monoisotopic (exact) mass is 497 g/mol. The topological polar surface area (TPSA) is 0 Å². The summed E-state index contributed by atoms with van der Waals surface area (Å²) in [6.07, 6.45) is 3.35. The Balaban J connectivity index is 0.000000755. The first kappa shape index (κ1) is 22.4. The molecule has 0 aromatic heterocycles. The maximum absolute atomic E-state index is 4.93. The first-order chi connectivity index (χ1) is 14.2. The van der Waals surface area contributed by atoms with Crippen LogP contribution >= 0.6 is 17.0 Å². The number of benzene rings is 3. The van der Waals surface area contributed by atoms with Gasteiger partial charge in [-0.15, -0.1) is 34.5 Å². The molecule has 0 fully saturated rings. The minimum atomic E-state index is -0.826. The van der Waals surface area contributed by atoms with Crippen LogP contribution in [0.15, 0.2) is 78.9 Å². The van der Waals surface area contributed by atoms with E-state index < -0.39 is 20.8 Å². The zero-order valence-corrected chi connectivity index (χ0v) is 20.9. The number of fused-ring (bicyclic) bond motifs is 1. The van der Waals surface area contributed by atoms with Crippen LogP contribution in [-0.2, 0) is 33.7 Å². The summed E-state index contributed by atoms with van der Waals surface area (Å²) in [7, 11) is 9.87. The van der Waals surface area contributed by atoms with E-state index in [-0.39, 0.29) is 0 Å². The van der Waals surface area contributed by atoms with E-state index in [2.05, 4.69) is 92.7 Å². The molecule has 0 atom stereocenters. The first-order valence-corrected chi connectivity index (χ1v) is 16.4. The van der Waals surface area contributed by atoms with E-state index in [4.69, 9.17) is 17.0 Å². The molecule has 0 radical (unpaired) electrons. The Hall–Kier alpha value is -1.27. The summed E-state index contributed by atoms with van der Waals surface area (Å²) in [4.78, 5) is 0. The molecular formula is C26H25Cl2Zr-.